The van der Waals surface area contributed by atoms with Gasteiger partial charge in [-0.1, -0.05) is 28.1 Å². The zero-order valence-electron chi connectivity index (χ0n) is 11.6. The molecule has 1 N–H and O–H groups in total. The molecule has 1 aromatic carbocycles. The lowest BCUT2D eigenvalue weighted by atomic mass is 10.1. The summed E-state index contributed by atoms with van der Waals surface area (Å²) in [7, 11) is 0. The molecule has 1 amide bonds. The molecule has 2 unspecified atom stereocenters. The number of carbonyl (C=O) groups excluding carboxylic acids is 1. The van der Waals surface area contributed by atoms with Gasteiger partial charge in [-0.25, -0.2) is 0 Å². The quantitative estimate of drug-likeness (QED) is 0.909. The highest BCUT2D eigenvalue weighted by Crippen LogP contribution is 2.17. The van der Waals surface area contributed by atoms with Gasteiger partial charge in [-0.3, -0.25) is 9.48 Å². The van der Waals surface area contributed by atoms with Crippen molar-refractivity contribution >= 4 is 21.8 Å². The van der Waals surface area contributed by atoms with Crippen molar-refractivity contribution in [1.82, 2.24) is 15.1 Å². The second-order valence-corrected chi connectivity index (χ2v) is 5.80. The van der Waals surface area contributed by atoms with E-state index in [1.807, 2.05) is 50.4 Å². The Bertz CT molecular complexity index is 551. The number of hydrogen-bond acceptors (Lipinski definition) is 2. The zero-order valence-corrected chi connectivity index (χ0v) is 13.2. The first-order chi connectivity index (χ1) is 9.56. The first-order valence-electron chi connectivity index (χ1n) is 6.60. The molecule has 2 aromatic rings. The molecule has 0 bridgehead atoms. The standard InChI is InChI=1S/C15H18BrN3O/c1-11(19-9-3-8-17-19)10-15(20)18-12(2)13-4-6-14(16)7-5-13/h3-9,11-12H,10H2,1-2H3,(H,18,20). The maximum atomic E-state index is 12.0. The Morgan fingerprint density at radius 3 is 2.65 bits per heavy atom. The lowest BCUT2D eigenvalue weighted by molar-refractivity contribution is -0.122. The number of benzene rings is 1. The Morgan fingerprint density at radius 2 is 2.05 bits per heavy atom. The van der Waals surface area contributed by atoms with Crippen molar-refractivity contribution in [3.05, 3.63) is 52.8 Å². The van der Waals surface area contributed by atoms with E-state index in [0.717, 1.165) is 10.0 Å². The molecule has 0 fully saturated rings. The second-order valence-electron chi connectivity index (χ2n) is 4.88. The van der Waals surface area contributed by atoms with E-state index in [0.29, 0.717) is 6.42 Å². The topological polar surface area (TPSA) is 46.9 Å². The van der Waals surface area contributed by atoms with Gasteiger partial charge in [-0.2, -0.15) is 5.10 Å². The van der Waals surface area contributed by atoms with Crippen LogP contribution in [0.3, 0.4) is 0 Å². The van der Waals surface area contributed by atoms with Gasteiger partial charge in [0.1, 0.15) is 0 Å². The fraction of sp³-hybridized carbons (Fsp3) is 0.333. The third-order valence-corrected chi connectivity index (χ3v) is 3.73. The highest BCUT2D eigenvalue weighted by atomic mass is 79.9. The summed E-state index contributed by atoms with van der Waals surface area (Å²) in [5, 5.41) is 7.16. The number of nitrogens with one attached hydrogen (secondary N) is 1. The van der Waals surface area contributed by atoms with Crippen LogP contribution in [0.2, 0.25) is 0 Å². The van der Waals surface area contributed by atoms with E-state index in [9.17, 15) is 4.79 Å². The van der Waals surface area contributed by atoms with E-state index in [1.54, 1.807) is 10.9 Å². The van der Waals surface area contributed by atoms with Gasteiger partial charge in [0.2, 0.25) is 5.91 Å². The molecule has 0 saturated carbocycles. The van der Waals surface area contributed by atoms with Gasteiger partial charge in [0.15, 0.2) is 0 Å². The third-order valence-electron chi connectivity index (χ3n) is 3.20. The monoisotopic (exact) mass is 335 g/mol. The summed E-state index contributed by atoms with van der Waals surface area (Å²) >= 11 is 3.40. The van der Waals surface area contributed by atoms with Gasteiger partial charge in [-0.05, 0) is 37.6 Å². The minimum absolute atomic E-state index is 0.000390. The van der Waals surface area contributed by atoms with Crippen molar-refractivity contribution in [2.75, 3.05) is 0 Å². The number of nitrogens with zero attached hydrogens (tertiary/aromatic N) is 2. The van der Waals surface area contributed by atoms with Gasteiger partial charge >= 0.3 is 0 Å². The van der Waals surface area contributed by atoms with Crippen LogP contribution >= 0.6 is 15.9 Å². The fourth-order valence-electron chi connectivity index (χ4n) is 2.04. The predicted octanol–water partition coefficient (Wildman–Crippen LogP) is 3.47. The zero-order chi connectivity index (χ0) is 14.5. The summed E-state index contributed by atoms with van der Waals surface area (Å²) in [6.07, 6.45) is 4.01. The molecule has 106 valence electrons. The van der Waals surface area contributed by atoms with Crippen molar-refractivity contribution in [3.8, 4) is 0 Å². The molecule has 0 aliphatic rings. The predicted molar refractivity (Wildman–Crippen MR) is 82.3 cm³/mol. The van der Waals surface area contributed by atoms with Crippen LogP contribution < -0.4 is 5.32 Å². The average Bonchev–Trinajstić information content (AvgIpc) is 2.93. The molecule has 20 heavy (non-hydrogen) atoms. The van der Waals surface area contributed by atoms with Crippen LogP contribution in [0.15, 0.2) is 47.2 Å². The minimum atomic E-state index is 0.000390. The summed E-state index contributed by atoms with van der Waals surface area (Å²) in [6, 6.07) is 9.88. The Morgan fingerprint density at radius 1 is 1.35 bits per heavy atom. The van der Waals surface area contributed by atoms with Crippen LogP contribution in [-0.2, 0) is 4.79 Å². The Hall–Kier alpha value is -1.62. The van der Waals surface area contributed by atoms with Crippen LogP contribution in [0.25, 0.3) is 0 Å². The summed E-state index contributed by atoms with van der Waals surface area (Å²) in [5.74, 6) is 0.0309. The first kappa shape index (κ1) is 14.8. The molecular formula is C15H18BrN3O. The number of amides is 1. The summed E-state index contributed by atoms with van der Waals surface area (Å²) in [6.45, 7) is 3.97. The SMILES string of the molecule is CC(NC(=O)CC(C)n1cccn1)c1ccc(Br)cc1. The summed E-state index contributed by atoms with van der Waals surface area (Å²) < 4.78 is 2.83. The molecular weight excluding hydrogens is 318 g/mol. The Labute approximate surface area is 127 Å². The molecule has 2 rings (SSSR count). The largest absolute Gasteiger partial charge is 0.350 e. The van der Waals surface area contributed by atoms with E-state index < -0.39 is 0 Å². The number of aromatic nitrogens is 2. The molecule has 1 heterocycles. The lowest BCUT2D eigenvalue weighted by Gasteiger charge is -2.17. The van der Waals surface area contributed by atoms with Crippen molar-refractivity contribution < 1.29 is 4.79 Å². The molecule has 0 aliphatic carbocycles. The normalized spacial score (nSPS) is 13.8. The highest BCUT2D eigenvalue weighted by Gasteiger charge is 2.14. The fourth-order valence-corrected chi connectivity index (χ4v) is 2.30. The van der Waals surface area contributed by atoms with E-state index in [-0.39, 0.29) is 18.0 Å². The molecule has 2 atom stereocenters. The molecule has 0 saturated heterocycles. The van der Waals surface area contributed by atoms with Crippen LogP contribution in [0.4, 0.5) is 0 Å². The highest BCUT2D eigenvalue weighted by molar-refractivity contribution is 9.10. The van der Waals surface area contributed by atoms with E-state index in [1.165, 1.54) is 0 Å². The van der Waals surface area contributed by atoms with Crippen molar-refractivity contribution in [2.45, 2.75) is 32.4 Å². The number of rotatable bonds is 5. The molecule has 1 aromatic heterocycles. The molecule has 0 spiro atoms. The van der Waals surface area contributed by atoms with Crippen LogP contribution in [0.5, 0.6) is 0 Å². The van der Waals surface area contributed by atoms with Crippen LogP contribution in [-0.4, -0.2) is 15.7 Å². The van der Waals surface area contributed by atoms with Gasteiger partial charge in [0.05, 0.1) is 12.1 Å². The van der Waals surface area contributed by atoms with E-state index in [2.05, 4.69) is 26.3 Å². The van der Waals surface area contributed by atoms with Crippen molar-refractivity contribution in [1.29, 1.82) is 0 Å². The van der Waals surface area contributed by atoms with Crippen LogP contribution in [0, 0.1) is 0 Å². The minimum Gasteiger partial charge on any atom is -0.350 e. The summed E-state index contributed by atoms with van der Waals surface area (Å²) in [5.41, 5.74) is 1.09. The van der Waals surface area contributed by atoms with Gasteiger partial charge in [-0.15, -0.1) is 0 Å². The summed E-state index contributed by atoms with van der Waals surface area (Å²) in [4.78, 5) is 12.0. The first-order valence-corrected chi connectivity index (χ1v) is 7.39. The number of halogens is 1. The number of hydrogen-bond donors (Lipinski definition) is 1. The van der Waals surface area contributed by atoms with E-state index in [4.69, 9.17) is 0 Å². The molecule has 4 nitrogen and oxygen atoms in total. The van der Waals surface area contributed by atoms with Crippen LogP contribution in [0.1, 0.15) is 37.9 Å². The van der Waals surface area contributed by atoms with Crippen molar-refractivity contribution in [2.24, 2.45) is 0 Å². The maximum absolute atomic E-state index is 12.0. The Balaban J connectivity index is 1.89. The van der Waals surface area contributed by atoms with Gasteiger partial charge < -0.3 is 5.32 Å². The molecule has 0 aliphatic heterocycles. The van der Waals surface area contributed by atoms with Gasteiger partial charge in [0.25, 0.3) is 0 Å². The lowest BCUT2D eigenvalue weighted by Crippen LogP contribution is -2.28. The number of carbonyl (C=O) groups is 1. The van der Waals surface area contributed by atoms with Gasteiger partial charge in [0, 0.05) is 23.3 Å². The van der Waals surface area contributed by atoms with E-state index >= 15 is 0 Å². The Kier molecular flexibility index (Phi) is 4.95. The molecule has 0 radical (unpaired) electrons. The molecule has 5 heteroatoms. The third kappa shape index (κ3) is 3.93. The second kappa shape index (κ2) is 6.70. The maximum Gasteiger partial charge on any atom is 0.222 e. The average molecular weight is 336 g/mol. The van der Waals surface area contributed by atoms with Crippen molar-refractivity contribution in [3.63, 3.8) is 0 Å². The smallest absolute Gasteiger partial charge is 0.222 e.